The van der Waals surface area contributed by atoms with Gasteiger partial charge in [0.1, 0.15) is 5.52 Å². The van der Waals surface area contributed by atoms with E-state index in [1.54, 1.807) is 18.1 Å². The van der Waals surface area contributed by atoms with Crippen molar-refractivity contribution < 1.29 is 0 Å². The first-order valence-electron chi connectivity index (χ1n) is 6.29. The Balaban J connectivity index is 1.90. The molecule has 0 saturated carbocycles. The maximum atomic E-state index is 4.41. The first-order chi connectivity index (χ1) is 9.67. The molecule has 0 saturated heterocycles. The van der Waals surface area contributed by atoms with Gasteiger partial charge in [-0.2, -0.15) is 15.1 Å². The predicted octanol–water partition coefficient (Wildman–Crippen LogP) is 1.05. The number of H-pyrrole nitrogens is 1. The molecule has 3 aromatic heterocycles. The molecule has 0 aliphatic rings. The summed E-state index contributed by atoms with van der Waals surface area (Å²) in [5.41, 5.74) is 3.56. The van der Waals surface area contributed by atoms with Gasteiger partial charge in [-0.3, -0.25) is 4.68 Å². The highest BCUT2D eigenvalue weighted by Crippen LogP contribution is 2.19. The minimum Gasteiger partial charge on any atom is -0.364 e. The van der Waals surface area contributed by atoms with Gasteiger partial charge >= 0.3 is 0 Å². The molecule has 3 aromatic rings. The lowest BCUT2D eigenvalue weighted by Gasteiger charge is -2.07. The van der Waals surface area contributed by atoms with Crippen molar-refractivity contribution in [2.24, 2.45) is 7.05 Å². The van der Waals surface area contributed by atoms with Crippen molar-refractivity contribution in [3.8, 4) is 0 Å². The van der Waals surface area contributed by atoms with Gasteiger partial charge in [-0.25, -0.2) is 4.98 Å². The number of anilines is 2. The molecule has 8 nitrogen and oxygen atoms in total. The number of hydrogen-bond donors (Lipinski definition) is 3. The summed E-state index contributed by atoms with van der Waals surface area (Å²) in [6.07, 6.45) is 3.60. The summed E-state index contributed by atoms with van der Waals surface area (Å²) in [5, 5.41) is 10.6. The summed E-state index contributed by atoms with van der Waals surface area (Å²) in [7, 11) is 3.69. The first-order valence-corrected chi connectivity index (χ1v) is 6.29. The Morgan fingerprint density at radius 2 is 2.20 bits per heavy atom. The molecule has 0 bridgehead atoms. The van der Waals surface area contributed by atoms with E-state index in [0.717, 1.165) is 22.6 Å². The number of nitrogens with zero attached hydrogens (tertiary/aromatic N) is 5. The summed E-state index contributed by atoms with van der Waals surface area (Å²) in [6, 6.07) is 0. The summed E-state index contributed by atoms with van der Waals surface area (Å²) < 4.78 is 1.80. The van der Waals surface area contributed by atoms with Crippen LogP contribution < -0.4 is 10.6 Å². The fraction of sp³-hybridized carbons (Fsp3) is 0.333. The highest BCUT2D eigenvalue weighted by molar-refractivity contribution is 5.83. The van der Waals surface area contributed by atoms with Crippen molar-refractivity contribution in [1.29, 1.82) is 0 Å². The van der Waals surface area contributed by atoms with Crippen LogP contribution in [-0.4, -0.2) is 36.8 Å². The average molecular weight is 272 g/mol. The Morgan fingerprint density at radius 1 is 1.35 bits per heavy atom. The fourth-order valence-corrected chi connectivity index (χ4v) is 2.07. The number of aromatic nitrogens is 6. The van der Waals surface area contributed by atoms with E-state index >= 15 is 0 Å². The number of hydrogen-bond acceptors (Lipinski definition) is 6. The van der Waals surface area contributed by atoms with Crippen molar-refractivity contribution in [3.63, 3.8) is 0 Å². The second kappa shape index (κ2) is 4.80. The Labute approximate surface area is 115 Å². The molecule has 104 valence electrons. The molecule has 0 amide bonds. The van der Waals surface area contributed by atoms with E-state index < -0.39 is 0 Å². The summed E-state index contributed by atoms with van der Waals surface area (Å²) in [6.45, 7) is 2.63. The van der Waals surface area contributed by atoms with Crippen LogP contribution in [-0.2, 0) is 13.6 Å². The number of nitrogens with one attached hydrogen (secondary N) is 3. The molecule has 0 radical (unpaired) electrons. The number of aromatic amines is 1. The molecule has 8 heteroatoms. The highest BCUT2D eigenvalue weighted by Gasteiger charge is 2.10. The van der Waals surface area contributed by atoms with E-state index in [1.807, 2.05) is 20.2 Å². The third-order valence-corrected chi connectivity index (χ3v) is 3.07. The topological polar surface area (TPSA) is 96.3 Å². The fourth-order valence-electron chi connectivity index (χ4n) is 2.07. The largest absolute Gasteiger partial charge is 0.364 e. The molecular formula is C12H16N8. The molecule has 0 atom stereocenters. The van der Waals surface area contributed by atoms with Gasteiger partial charge in [0.25, 0.3) is 0 Å². The standard InChI is InChI=1S/C12H16N8/c1-7-8(5-20(3)19-7)4-14-10-9-11(16-6-15-9)18-12(13-2)17-10/h5-6H,4H2,1-3H3,(H3,13,14,15,16,17,18). The molecule has 3 rings (SSSR count). The van der Waals surface area contributed by atoms with Crippen LogP contribution in [0, 0.1) is 6.92 Å². The smallest absolute Gasteiger partial charge is 0.226 e. The number of fused-ring (bicyclic) bond motifs is 1. The third-order valence-electron chi connectivity index (χ3n) is 3.07. The van der Waals surface area contributed by atoms with Crippen LogP contribution in [0.25, 0.3) is 11.2 Å². The molecule has 0 aliphatic heterocycles. The summed E-state index contributed by atoms with van der Waals surface area (Å²) in [4.78, 5) is 15.9. The molecule has 0 spiro atoms. The van der Waals surface area contributed by atoms with Crippen molar-refractivity contribution in [3.05, 3.63) is 23.8 Å². The predicted molar refractivity (Wildman–Crippen MR) is 76.5 cm³/mol. The van der Waals surface area contributed by atoms with Crippen molar-refractivity contribution in [2.45, 2.75) is 13.5 Å². The Bertz CT molecular complexity index is 741. The van der Waals surface area contributed by atoms with Crippen LogP contribution in [0.2, 0.25) is 0 Å². The van der Waals surface area contributed by atoms with E-state index in [0.29, 0.717) is 18.1 Å². The molecular weight excluding hydrogens is 256 g/mol. The third kappa shape index (κ3) is 2.15. The van der Waals surface area contributed by atoms with E-state index in [1.165, 1.54) is 0 Å². The zero-order chi connectivity index (χ0) is 14.1. The molecule has 0 aliphatic carbocycles. The van der Waals surface area contributed by atoms with Gasteiger partial charge in [-0.15, -0.1) is 0 Å². The van der Waals surface area contributed by atoms with Crippen LogP contribution in [0.4, 0.5) is 11.8 Å². The van der Waals surface area contributed by atoms with Gasteiger partial charge in [-0.1, -0.05) is 0 Å². The first kappa shape index (κ1) is 12.4. The quantitative estimate of drug-likeness (QED) is 0.657. The van der Waals surface area contributed by atoms with Gasteiger partial charge in [0, 0.05) is 32.4 Å². The van der Waals surface area contributed by atoms with Gasteiger partial charge in [0.15, 0.2) is 11.5 Å². The number of aryl methyl sites for hydroxylation is 2. The van der Waals surface area contributed by atoms with Gasteiger partial charge < -0.3 is 15.6 Å². The zero-order valence-corrected chi connectivity index (χ0v) is 11.6. The Hall–Kier alpha value is -2.64. The van der Waals surface area contributed by atoms with E-state index in [-0.39, 0.29) is 0 Å². The van der Waals surface area contributed by atoms with E-state index in [2.05, 4.69) is 35.7 Å². The highest BCUT2D eigenvalue weighted by atomic mass is 15.3. The summed E-state index contributed by atoms with van der Waals surface area (Å²) in [5.74, 6) is 1.26. The number of rotatable bonds is 4. The van der Waals surface area contributed by atoms with Gasteiger partial charge in [0.2, 0.25) is 5.95 Å². The Morgan fingerprint density at radius 3 is 2.90 bits per heavy atom. The van der Waals surface area contributed by atoms with E-state index in [9.17, 15) is 0 Å². The molecule has 0 fully saturated rings. The minimum atomic E-state index is 0.537. The lowest BCUT2D eigenvalue weighted by Crippen LogP contribution is -2.06. The lowest BCUT2D eigenvalue weighted by molar-refractivity contribution is 0.756. The normalized spacial score (nSPS) is 10.9. The SMILES string of the molecule is CNc1nc(NCc2cn(C)nc2C)c2[nH]cnc2n1. The molecule has 20 heavy (non-hydrogen) atoms. The van der Waals surface area contributed by atoms with E-state index in [4.69, 9.17) is 0 Å². The average Bonchev–Trinajstić information content (AvgIpc) is 3.02. The maximum Gasteiger partial charge on any atom is 0.226 e. The lowest BCUT2D eigenvalue weighted by atomic mass is 10.2. The zero-order valence-electron chi connectivity index (χ0n) is 11.6. The Kier molecular flexibility index (Phi) is 2.97. The van der Waals surface area contributed by atoms with Crippen LogP contribution in [0.15, 0.2) is 12.5 Å². The maximum absolute atomic E-state index is 4.41. The minimum absolute atomic E-state index is 0.537. The van der Waals surface area contributed by atoms with Crippen LogP contribution in [0.5, 0.6) is 0 Å². The second-order valence-electron chi connectivity index (χ2n) is 4.51. The van der Waals surface area contributed by atoms with Crippen molar-refractivity contribution >= 4 is 22.9 Å². The molecule has 0 aromatic carbocycles. The van der Waals surface area contributed by atoms with Crippen LogP contribution >= 0.6 is 0 Å². The second-order valence-corrected chi connectivity index (χ2v) is 4.51. The summed E-state index contributed by atoms with van der Waals surface area (Å²) >= 11 is 0. The van der Waals surface area contributed by atoms with Crippen LogP contribution in [0.3, 0.4) is 0 Å². The number of imidazole rings is 1. The van der Waals surface area contributed by atoms with Gasteiger partial charge in [0.05, 0.1) is 12.0 Å². The van der Waals surface area contributed by atoms with Crippen molar-refractivity contribution in [2.75, 3.05) is 17.7 Å². The monoisotopic (exact) mass is 272 g/mol. The van der Waals surface area contributed by atoms with Crippen molar-refractivity contribution in [1.82, 2.24) is 29.7 Å². The van der Waals surface area contributed by atoms with Crippen LogP contribution in [0.1, 0.15) is 11.3 Å². The molecule has 3 heterocycles. The molecule has 0 unspecified atom stereocenters. The van der Waals surface area contributed by atoms with Gasteiger partial charge in [-0.05, 0) is 6.92 Å². The molecule has 3 N–H and O–H groups in total.